The highest BCUT2D eigenvalue weighted by molar-refractivity contribution is 5.48. The van der Waals surface area contributed by atoms with Crippen molar-refractivity contribution in [2.45, 2.75) is 18.4 Å². The molecule has 25 heavy (non-hydrogen) atoms. The molecule has 4 rings (SSSR count). The Morgan fingerprint density at radius 3 is 2.16 bits per heavy atom. The first kappa shape index (κ1) is 15.9. The maximum absolute atomic E-state index is 10.3. The molecule has 0 fully saturated rings. The van der Waals surface area contributed by atoms with E-state index in [2.05, 4.69) is 66.0 Å². The minimum atomic E-state index is 0.0996. The highest BCUT2D eigenvalue weighted by Gasteiger charge is 2.36. The summed E-state index contributed by atoms with van der Waals surface area (Å²) in [4.78, 5) is 0. The minimum Gasteiger partial charge on any atom is -0.396 e. The van der Waals surface area contributed by atoms with Crippen molar-refractivity contribution in [2.75, 3.05) is 11.9 Å². The van der Waals surface area contributed by atoms with Crippen molar-refractivity contribution >= 4 is 5.69 Å². The van der Waals surface area contributed by atoms with Crippen LogP contribution in [0.2, 0.25) is 0 Å². The summed E-state index contributed by atoms with van der Waals surface area (Å²) in [6.45, 7) is 0.165. The van der Waals surface area contributed by atoms with Crippen molar-refractivity contribution in [1.29, 1.82) is 0 Å². The van der Waals surface area contributed by atoms with Crippen LogP contribution in [0.15, 0.2) is 84.9 Å². The summed E-state index contributed by atoms with van der Waals surface area (Å²) in [5, 5.41) is 13.9. The van der Waals surface area contributed by atoms with E-state index < -0.39 is 0 Å². The Morgan fingerprint density at radius 2 is 1.44 bits per heavy atom. The number of aliphatic hydroxyl groups is 1. The first-order chi connectivity index (χ1) is 12.4. The van der Waals surface area contributed by atoms with Gasteiger partial charge in [0.05, 0.1) is 6.04 Å². The molecule has 0 radical (unpaired) electrons. The van der Waals surface area contributed by atoms with Gasteiger partial charge in [0, 0.05) is 18.2 Å². The lowest BCUT2D eigenvalue weighted by Crippen LogP contribution is -2.35. The molecule has 0 unspecified atom stereocenters. The number of fused-ring (bicyclic) bond motifs is 1. The molecule has 2 heteroatoms. The average molecular weight is 329 g/mol. The van der Waals surface area contributed by atoms with Crippen LogP contribution in [0.5, 0.6) is 0 Å². The molecule has 126 valence electrons. The van der Waals surface area contributed by atoms with Crippen LogP contribution in [-0.4, -0.2) is 11.7 Å². The molecule has 1 aliphatic carbocycles. The van der Waals surface area contributed by atoms with Crippen LogP contribution in [0.25, 0.3) is 0 Å². The van der Waals surface area contributed by atoms with Gasteiger partial charge < -0.3 is 10.4 Å². The predicted molar refractivity (Wildman–Crippen MR) is 103 cm³/mol. The molecular weight excluding hydrogens is 306 g/mol. The lowest BCUT2D eigenvalue weighted by molar-refractivity contribution is 0.178. The van der Waals surface area contributed by atoms with E-state index in [9.17, 15) is 5.11 Å². The normalized spacial score (nSPS) is 22.2. The Morgan fingerprint density at radius 1 is 0.800 bits per heavy atom. The van der Waals surface area contributed by atoms with Gasteiger partial charge >= 0.3 is 0 Å². The molecule has 0 aromatic heterocycles. The quantitative estimate of drug-likeness (QED) is 0.721. The van der Waals surface area contributed by atoms with Crippen molar-refractivity contribution in [3.8, 4) is 0 Å². The lowest BCUT2D eigenvalue weighted by Gasteiger charge is -2.40. The third-order valence-corrected chi connectivity index (χ3v) is 5.31. The Balaban J connectivity index is 1.76. The van der Waals surface area contributed by atoms with Crippen molar-refractivity contribution in [3.05, 3.63) is 102 Å². The first-order valence-corrected chi connectivity index (χ1v) is 8.92. The molecule has 3 aromatic carbocycles. The van der Waals surface area contributed by atoms with Gasteiger partial charge in [0.2, 0.25) is 0 Å². The van der Waals surface area contributed by atoms with Gasteiger partial charge in [0.25, 0.3) is 0 Å². The number of rotatable bonds is 4. The van der Waals surface area contributed by atoms with Gasteiger partial charge in [-0.1, -0.05) is 72.8 Å². The first-order valence-electron chi connectivity index (χ1n) is 8.92. The van der Waals surface area contributed by atoms with E-state index in [0.29, 0.717) is 5.92 Å². The monoisotopic (exact) mass is 329 g/mol. The highest BCUT2D eigenvalue weighted by Crippen LogP contribution is 2.44. The van der Waals surface area contributed by atoms with Gasteiger partial charge in [-0.3, -0.25) is 0 Å². The van der Waals surface area contributed by atoms with Gasteiger partial charge in [-0.15, -0.1) is 0 Å². The fourth-order valence-electron chi connectivity index (χ4n) is 4.07. The van der Waals surface area contributed by atoms with Gasteiger partial charge in [0.1, 0.15) is 0 Å². The number of hydrogen-bond donors (Lipinski definition) is 2. The molecule has 0 spiro atoms. The Bertz CT molecular complexity index is 816. The maximum atomic E-state index is 10.3. The van der Waals surface area contributed by atoms with E-state index in [-0.39, 0.29) is 18.6 Å². The zero-order valence-electron chi connectivity index (χ0n) is 14.2. The summed E-state index contributed by atoms with van der Waals surface area (Å²) in [5.41, 5.74) is 5.07. The lowest BCUT2D eigenvalue weighted by atomic mass is 9.70. The second-order valence-corrected chi connectivity index (χ2v) is 6.75. The van der Waals surface area contributed by atoms with E-state index in [4.69, 9.17) is 0 Å². The molecule has 2 nitrogen and oxygen atoms in total. The molecule has 0 amide bonds. The fourth-order valence-corrected chi connectivity index (χ4v) is 4.07. The molecule has 3 aromatic rings. The zero-order chi connectivity index (χ0) is 17.1. The molecule has 2 N–H and O–H groups in total. The van der Waals surface area contributed by atoms with Gasteiger partial charge in [-0.25, -0.2) is 0 Å². The molecule has 0 saturated carbocycles. The summed E-state index contributed by atoms with van der Waals surface area (Å²) in [6, 6.07) is 29.6. The molecule has 0 bridgehead atoms. The number of anilines is 1. The topological polar surface area (TPSA) is 32.3 Å². The van der Waals surface area contributed by atoms with E-state index >= 15 is 0 Å². The molecular formula is C23H23NO. The van der Waals surface area contributed by atoms with Crippen LogP contribution >= 0.6 is 0 Å². The Labute approximate surface area is 149 Å². The van der Waals surface area contributed by atoms with Crippen LogP contribution in [0, 0.1) is 5.92 Å². The van der Waals surface area contributed by atoms with Crippen LogP contribution in [-0.2, 0) is 6.42 Å². The fraction of sp³-hybridized carbons (Fsp3) is 0.217. The van der Waals surface area contributed by atoms with E-state index in [1.807, 2.05) is 24.3 Å². The molecule has 0 saturated heterocycles. The summed E-state index contributed by atoms with van der Waals surface area (Å²) in [6.07, 6.45) is 0.971. The zero-order valence-corrected chi connectivity index (χ0v) is 14.2. The van der Waals surface area contributed by atoms with Crippen LogP contribution in [0.4, 0.5) is 5.69 Å². The number of benzene rings is 3. The van der Waals surface area contributed by atoms with Crippen molar-refractivity contribution in [2.24, 2.45) is 5.92 Å². The number of aliphatic hydroxyl groups excluding tert-OH is 1. The van der Waals surface area contributed by atoms with Crippen molar-refractivity contribution < 1.29 is 5.11 Å². The van der Waals surface area contributed by atoms with E-state index in [0.717, 1.165) is 12.1 Å². The largest absolute Gasteiger partial charge is 0.396 e. The van der Waals surface area contributed by atoms with Crippen molar-refractivity contribution in [1.82, 2.24) is 0 Å². The van der Waals surface area contributed by atoms with Crippen LogP contribution in [0.1, 0.15) is 28.7 Å². The van der Waals surface area contributed by atoms with Gasteiger partial charge in [-0.2, -0.15) is 0 Å². The van der Waals surface area contributed by atoms with Crippen molar-refractivity contribution in [3.63, 3.8) is 0 Å². The standard InChI is InChI=1S/C23H23NO/c25-16-22-21(17-9-3-1-4-10-17)15-18-11-7-8-14-20(18)23(22)24-19-12-5-2-6-13-19/h1-14,21-25H,15-16H2/t21-,22-,23+/m0/s1. The summed E-state index contributed by atoms with van der Waals surface area (Å²) < 4.78 is 0. The third kappa shape index (κ3) is 3.18. The number of para-hydroxylation sites is 1. The van der Waals surface area contributed by atoms with E-state index in [1.54, 1.807) is 0 Å². The third-order valence-electron chi connectivity index (χ3n) is 5.31. The summed E-state index contributed by atoms with van der Waals surface area (Å²) in [7, 11) is 0. The molecule has 1 aliphatic rings. The van der Waals surface area contributed by atoms with Gasteiger partial charge in [0.15, 0.2) is 0 Å². The predicted octanol–water partition coefficient (Wildman–Crippen LogP) is 4.79. The maximum Gasteiger partial charge on any atom is 0.0572 e. The number of nitrogens with one attached hydrogen (secondary N) is 1. The summed E-state index contributed by atoms with van der Waals surface area (Å²) in [5.74, 6) is 0.444. The Hall–Kier alpha value is -2.58. The highest BCUT2D eigenvalue weighted by atomic mass is 16.3. The number of hydrogen-bond acceptors (Lipinski definition) is 2. The molecule has 0 heterocycles. The molecule has 0 aliphatic heterocycles. The van der Waals surface area contributed by atoms with Gasteiger partial charge in [-0.05, 0) is 41.2 Å². The Kier molecular flexibility index (Phi) is 4.53. The minimum absolute atomic E-state index is 0.0996. The SMILES string of the molecule is OC[C@@H]1[C@H](Nc2ccccc2)c2ccccc2C[C@H]1c1ccccc1. The smallest absolute Gasteiger partial charge is 0.0572 e. The van der Waals surface area contributed by atoms with Crippen LogP contribution < -0.4 is 5.32 Å². The second-order valence-electron chi connectivity index (χ2n) is 6.75. The average Bonchev–Trinajstić information content (AvgIpc) is 2.69. The summed E-state index contributed by atoms with van der Waals surface area (Å²) >= 11 is 0. The van der Waals surface area contributed by atoms with Crippen LogP contribution in [0.3, 0.4) is 0 Å². The second kappa shape index (κ2) is 7.12. The van der Waals surface area contributed by atoms with E-state index in [1.165, 1.54) is 16.7 Å². The molecule has 3 atom stereocenters.